The van der Waals surface area contributed by atoms with Gasteiger partial charge in [-0.05, 0) is 0 Å². The van der Waals surface area contributed by atoms with E-state index in [2.05, 4.69) is 9.97 Å². The molecule has 0 atom stereocenters. The van der Waals surface area contributed by atoms with Gasteiger partial charge in [0.05, 0.1) is 13.0 Å². The number of ketones is 1. The highest BCUT2D eigenvalue weighted by Gasteiger charge is 2.29. The second-order valence-corrected chi connectivity index (χ2v) is 3.00. The van der Waals surface area contributed by atoms with E-state index in [-0.39, 0.29) is 30.5 Å². The van der Waals surface area contributed by atoms with Crippen LogP contribution in [0.1, 0.15) is 6.42 Å². The number of amides is 1. The highest BCUT2D eigenvalue weighted by molar-refractivity contribution is 6.14. The van der Waals surface area contributed by atoms with Crippen molar-refractivity contribution >= 4 is 23.3 Å². The van der Waals surface area contributed by atoms with Crippen LogP contribution in [0.15, 0.2) is 12.4 Å². The Morgan fingerprint density at radius 3 is 2.71 bits per heavy atom. The van der Waals surface area contributed by atoms with E-state index < -0.39 is 0 Å². The highest BCUT2D eigenvalue weighted by atomic mass is 16.2. The third-order valence-electron chi connectivity index (χ3n) is 1.93. The molecule has 1 aromatic rings. The number of nitrogens with two attached hydrogens (primary N) is 1. The molecular weight excluding hydrogens is 184 g/mol. The quantitative estimate of drug-likeness (QED) is 0.598. The van der Waals surface area contributed by atoms with Gasteiger partial charge in [-0.3, -0.25) is 14.5 Å². The summed E-state index contributed by atoms with van der Waals surface area (Å²) in [4.78, 5) is 31.2. The summed E-state index contributed by atoms with van der Waals surface area (Å²) in [5.74, 6) is 0.316. The van der Waals surface area contributed by atoms with E-state index in [1.807, 2.05) is 0 Å². The molecule has 72 valence electrons. The first-order valence-corrected chi connectivity index (χ1v) is 4.06. The second kappa shape index (κ2) is 3.06. The summed E-state index contributed by atoms with van der Waals surface area (Å²) in [5, 5.41) is 0. The average Bonchev–Trinajstić information content (AvgIpc) is 2.45. The molecule has 2 rings (SSSR count). The van der Waals surface area contributed by atoms with Gasteiger partial charge in [-0.1, -0.05) is 0 Å². The summed E-state index contributed by atoms with van der Waals surface area (Å²) >= 11 is 0. The van der Waals surface area contributed by atoms with Crippen molar-refractivity contribution in [2.45, 2.75) is 6.42 Å². The van der Waals surface area contributed by atoms with E-state index in [0.717, 1.165) is 0 Å². The van der Waals surface area contributed by atoms with Crippen LogP contribution in [0, 0.1) is 0 Å². The smallest absolute Gasteiger partial charge is 0.236 e. The van der Waals surface area contributed by atoms with Gasteiger partial charge in [0, 0.05) is 6.07 Å². The van der Waals surface area contributed by atoms with Crippen LogP contribution >= 0.6 is 0 Å². The van der Waals surface area contributed by atoms with Crippen LogP contribution in [0.4, 0.5) is 11.6 Å². The molecule has 1 amide bonds. The molecule has 14 heavy (non-hydrogen) atoms. The maximum absolute atomic E-state index is 11.3. The molecule has 0 unspecified atom stereocenters. The Morgan fingerprint density at radius 2 is 2.14 bits per heavy atom. The molecule has 6 heteroatoms. The van der Waals surface area contributed by atoms with Gasteiger partial charge in [0.2, 0.25) is 5.91 Å². The molecule has 0 radical (unpaired) electrons. The van der Waals surface area contributed by atoms with Gasteiger partial charge >= 0.3 is 0 Å². The molecule has 6 nitrogen and oxygen atoms in total. The Bertz CT molecular complexity index is 404. The van der Waals surface area contributed by atoms with Crippen LogP contribution in [0.3, 0.4) is 0 Å². The second-order valence-electron chi connectivity index (χ2n) is 3.00. The molecule has 2 N–H and O–H groups in total. The minimum Gasteiger partial charge on any atom is -0.384 e. The van der Waals surface area contributed by atoms with Crippen molar-refractivity contribution in [3.05, 3.63) is 12.4 Å². The van der Waals surface area contributed by atoms with Crippen LogP contribution in [0.5, 0.6) is 0 Å². The molecule has 1 saturated heterocycles. The van der Waals surface area contributed by atoms with Crippen LogP contribution < -0.4 is 10.6 Å². The number of carbonyl (C=O) groups excluding carboxylic acids is 2. The lowest BCUT2D eigenvalue weighted by Gasteiger charge is -2.12. The average molecular weight is 192 g/mol. The Balaban J connectivity index is 2.31. The van der Waals surface area contributed by atoms with Crippen molar-refractivity contribution in [2.24, 2.45) is 0 Å². The molecular formula is C8H8N4O2. The topological polar surface area (TPSA) is 89.2 Å². The normalized spacial score (nSPS) is 16.4. The number of nitrogens with zero attached hydrogens (tertiary/aromatic N) is 3. The predicted molar refractivity (Wildman–Crippen MR) is 48.4 cm³/mol. The largest absolute Gasteiger partial charge is 0.384 e. The number of hydrogen-bond acceptors (Lipinski definition) is 5. The Morgan fingerprint density at radius 1 is 1.36 bits per heavy atom. The van der Waals surface area contributed by atoms with Crippen molar-refractivity contribution in [3.63, 3.8) is 0 Å². The summed E-state index contributed by atoms with van der Waals surface area (Å²) in [7, 11) is 0. The van der Waals surface area contributed by atoms with Gasteiger partial charge in [0.1, 0.15) is 18.0 Å². The summed E-state index contributed by atoms with van der Waals surface area (Å²) in [6, 6.07) is 1.47. The fraction of sp³-hybridized carbons (Fsp3) is 0.250. The number of hydrogen-bond donors (Lipinski definition) is 1. The zero-order valence-electron chi connectivity index (χ0n) is 7.30. The molecule has 1 aliphatic rings. The third kappa shape index (κ3) is 1.41. The van der Waals surface area contributed by atoms with E-state index in [0.29, 0.717) is 5.82 Å². The number of aromatic nitrogens is 2. The lowest BCUT2D eigenvalue weighted by atomic mass is 10.3. The fourth-order valence-corrected chi connectivity index (χ4v) is 1.30. The van der Waals surface area contributed by atoms with Gasteiger partial charge in [-0.15, -0.1) is 0 Å². The number of rotatable bonds is 1. The van der Waals surface area contributed by atoms with E-state index in [1.165, 1.54) is 17.3 Å². The van der Waals surface area contributed by atoms with E-state index in [1.54, 1.807) is 0 Å². The van der Waals surface area contributed by atoms with Gasteiger partial charge < -0.3 is 5.73 Å². The maximum Gasteiger partial charge on any atom is 0.236 e. The zero-order valence-corrected chi connectivity index (χ0v) is 7.30. The van der Waals surface area contributed by atoms with Crippen molar-refractivity contribution in [3.8, 4) is 0 Å². The molecule has 2 heterocycles. The summed E-state index contributed by atoms with van der Waals surface area (Å²) < 4.78 is 0. The van der Waals surface area contributed by atoms with Crippen molar-refractivity contribution in [1.82, 2.24) is 9.97 Å². The first-order chi connectivity index (χ1) is 6.66. The Labute approximate surface area is 79.7 Å². The van der Waals surface area contributed by atoms with Gasteiger partial charge in [-0.2, -0.15) is 0 Å². The van der Waals surface area contributed by atoms with Crippen LogP contribution in [-0.4, -0.2) is 28.2 Å². The van der Waals surface area contributed by atoms with E-state index >= 15 is 0 Å². The van der Waals surface area contributed by atoms with Crippen LogP contribution in [-0.2, 0) is 9.59 Å². The monoisotopic (exact) mass is 192 g/mol. The first kappa shape index (κ1) is 8.61. The van der Waals surface area contributed by atoms with Crippen LogP contribution in [0.25, 0.3) is 0 Å². The third-order valence-corrected chi connectivity index (χ3v) is 1.93. The maximum atomic E-state index is 11.3. The van der Waals surface area contributed by atoms with E-state index in [4.69, 9.17) is 5.73 Å². The van der Waals surface area contributed by atoms with E-state index in [9.17, 15) is 9.59 Å². The van der Waals surface area contributed by atoms with Gasteiger partial charge in [0.15, 0.2) is 5.78 Å². The van der Waals surface area contributed by atoms with Crippen molar-refractivity contribution in [1.29, 1.82) is 0 Å². The fourth-order valence-electron chi connectivity index (χ4n) is 1.30. The molecule has 1 aromatic heterocycles. The Kier molecular flexibility index (Phi) is 1.88. The number of nitrogen functional groups attached to an aromatic ring is 1. The number of carbonyl (C=O) groups is 2. The van der Waals surface area contributed by atoms with Gasteiger partial charge in [-0.25, -0.2) is 9.97 Å². The molecule has 0 bridgehead atoms. The lowest BCUT2D eigenvalue weighted by molar-refractivity contribution is -0.121. The van der Waals surface area contributed by atoms with Crippen molar-refractivity contribution < 1.29 is 9.59 Å². The Hall–Kier alpha value is -1.98. The standard InChI is InChI=1S/C8H8N4O2/c9-6-2-7(11-4-10-6)12-3-5(13)1-8(12)14/h2,4H,1,3H2,(H2,9,10,11). The summed E-state index contributed by atoms with van der Waals surface area (Å²) in [6.45, 7) is 0.0787. The molecule has 0 saturated carbocycles. The molecule has 0 aliphatic carbocycles. The number of anilines is 2. The molecule has 1 aliphatic heterocycles. The first-order valence-electron chi connectivity index (χ1n) is 4.06. The molecule has 1 fully saturated rings. The summed E-state index contributed by atoms with van der Waals surface area (Å²) in [5.41, 5.74) is 5.43. The molecule has 0 aromatic carbocycles. The predicted octanol–water partition coefficient (Wildman–Crippen LogP) is -0.635. The summed E-state index contributed by atoms with van der Waals surface area (Å²) in [6.07, 6.45) is 1.21. The van der Waals surface area contributed by atoms with Crippen molar-refractivity contribution in [2.75, 3.05) is 17.2 Å². The van der Waals surface area contributed by atoms with Gasteiger partial charge in [0.25, 0.3) is 0 Å². The number of Topliss-reactive ketones (excluding diaryl/α,β-unsaturated/α-hetero) is 1. The minimum atomic E-state index is -0.242. The highest BCUT2D eigenvalue weighted by Crippen LogP contribution is 2.17. The minimum absolute atomic E-state index is 0.0517. The lowest BCUT2D eigenvalue weighted by Crippen LogP contribution is -2.25. The van der Waals surface area contributed by atoms with Crippen LogP contribution in [0.2, 0.25) is 0 Å². The SMILES string of the molecule is Nc1cc(N2CC(=O)CC2=O)ncn1. The molecule has 0 spiro atoms. The zero-order chi connectivity index (χ0) is 10.1.